The van der Waals surface area contributed by atoms with Crippen molar-refractivity contribution in [3.05, 3.63) is 0 Å². The summed E-state index contributed by atoms with van der Waals surface area (Å²) in [5, 5.41) is 0. The SMILES string of the molecule is C[C@H](CCCC(C)(C)C)[C@H]1CC[C@@]2(C)[C@H]1CC[C@@H]1[C@@]3(C)CCCC(C)(C)C3CC[C@]12C. The van der Waals surface area contributed by atoms with Crippen LogP contribution in [0.2, 0.25) is 0 Å². The van der Waals surface area contributed by atoms with Crippen LogP contribution >= 0.6 is 0 Å². The van der Waals surface area contributed by atoms with Gasteiger partial charge in [0.1, 0.15) is 0 Å². The van der Waals surface area contributed by atoms with Crippen molar-refractivity contribution in [1.82, 2.24) is 0 Å². The highest BCUT2D eigenvalue weighted by molar-refractivity contribution is 5.16. The van der Waals surface area contributed by atoms with E-state index in [1.807, 2.05) is 0 Å². The molecule has 4 fully saturated rings. The van der Waals surface area contributed by atoms with E-state index in [1.54, 1.807) is 0 Å². The second-order valence-corrected chi connectivity index (χ2v) is 15.6. The van der Waals surface area contributed by atoms with Crippen molar-refractivity contribution in [3.63, 3.8) is 0 Å². The van der Waals surface area contributed by atoms with Gasteiger partial charge >= 0.3 is 0 Å². The Hall–Kier alpha value is 0. The fraction of sp³-hybridized carbons (Fsp3) is 1.00. The van der Waals surface area contributed by atoms with Gasteiger partial charge in [0, 0.05) is 0 Å². The van der Waals surface area contributed by atoms with Gasteiger partial charge in [-0.15, -0.1) is 0 Å². The first kappa shape index (κ1) is 24.1. The predicted molar refractivity (Wildman–Crippen MR) is 136 cm³/mol. The lowest BCUT2D eigenvalue weighted by atomic mass is 9.35. The van der Waals surface area contributed by atoms with E-state index in [1.165, 1.54) is 77.0 Å². The van der Waals surface area contributed by atoms with E-state index in [0.717, 1.165) is 29.6 Å². The van der Waals surface area contributed by atoms with E-state index < -0.39 is 0 Å². The van der Waals surface area contributed by atoms with Crippen LogP contribution in [0.4, 0.5) is 0 Å². The van der Waals surface area contributed by atoms with Gasteiger partial charge in [-0.3, -0.25) is 0 Å². The van der Waals surface area contributed by atoms with Crippen LogP contribution in [0.1, 0.15) is 139 Å². The predicted octanol–water partition coefficient (Wildman–Crippen LogP) is 9.91. The maximum absolute atomic E-state index is 2.79. The molecule has 180 valence electrons. The highest BCUT2D eigenvalue weighted by Crippen LogP contribution is 2.75. The van der Waals surface area contributed by atoms with Crippen molar-refractivity contribution in [3.8, 4) is 0 Å². The molecule has 4 aliphatic carbocycles. The van der Waals surface area contributed by atoms with Crippen molar-refractivity contribution >= 4 is 0 Å². The molecule has 0 heteroatoms. The van der Waals surface area contributed by atoms with Crippen LogP contribution in [0, 0.1) is 56.7 Å². The molecule has 0 radical (unpaired) electrons. The van der Waals surface area contributed by atoms with E-state index in [-0.39, 0.29) is 0 Å². The molecule has 31 heavy (non-hydrogen) atoms. The highest BCUT2D eigenvalue weighted by Gasteiger charge is 2.67. The van der Waals surface area contributed by atoms with Crippen LogP contribution in [0.15, 0.2) is 0 Å². The minimum absolute atomic E-state index is 0.497. The lowest BCUT2D eigenvalue weighted by Crippen LogP contribution is -2.62. The fourth-order valence-corrected chi connectivity index (χ4v) is 10.7. The van der Waals surface area contributed by atoms with Gasteiger partial charge in [0.25, 0.3) is 0 Å². The van der Waals surface area contributed by atoms with Gasteiger partial charge < -0.3 is 0 Å². The Labute approximate surface area is 196 Å². The summed E-state index contributed by atoms with van der Waals surface area (Å²) in [5.74, 6) is 4.84. The molecule has 0 bridgehead atoms. The Kier molecular flexibility index (Phi) is 6.05. The van der Waals surface area contributed by atoms with E-state index in [2.05, 4.69) is 62.3 Å². The van der Waals surface area contributed by atoms with Gasteiger partial charge in [0.05, 0.1) is 0 Å². The van der Waals surface area contributed by atoms with Crippen LogP contribution < -0.4 is 0 Å². The van der Waals surface area contributed by atoms with E-state index in [4.69, 9.17) is 0 Å². The first-order chi connectivity index (χ1) is 14.2. The summed E-state index contributed by atoms with van der Waals surface area (Å²) in [6.45, 7) is 23.4. The Morgan fingerprint density at radius 1 is 0.774 bits per heavy atom. The second-order valence-electron chi connectivity index (χ2n) is 15.6. The standard InChI is InChI=1S/C31H56/c1-22(12-10-17-27(2,3)4)23-15-20-30(8)24(23)13-14-26-29(7)19-11-18-28(5,6)25(29)16-21-31(26,30)9/h22-26H,10-21H2,1-9H3/t22-,23-,24+,25?,26-,29+,30+,31-/m1/s1. The molecule has 0 nitrogen and oxygen atoms in total. The van der Waals surface area contributed by atoms with Crippen LogP contribution in [0.5, 0.6) is 0 Å². The lowest BCUT2D eigenvalue weighted by molar-refractivity contribution is -0.203. The maximum Gasteiger partial charge on any atom is -0.0235 e. The fourth-order valence-electron chi connectivity index (χ4n) is 10.7. The van der Waals surface area contributed by atoms with Crippen molar-refractivity contribution in [2.24, 2.45) is 56.7 Å². The first-order valence-electron chi connectivity index (χ1n) is 14.2. The molecule has 0 saturated heterocycles. The molecule has 0 aromatic heterocycles. The zero-order valence-corrected chi connectivity index (χ0v) is 22.9. The average molecular weight is 429 g/mol. The minimum atomic E-state index is 0.497. The topological polar surface area (TPSA) is 0 Å². The zero-order chi connectivity index (χ0) is 22.9. The van der Waals surface area contributed by atoms with E-state index in [9.17, 15) is 0 Å². The molecule has 0 aliphatic heterocycles. The number of hydrogen-bond donors (Lipinski definition) is 0. The van der Waals surface area contributed by atoms with Crippen LogP contribution in [-0.2, 0) is 0 Å². The van der Waals surface area contributed by atoms with Gasteiger partial charge in [0.2, 0.25) is 0 Å². The molecular formula is C31H56. The summed E-state index contributed by atoms with van der Waals surface area (Å²) in [6.07, 6.45) is 17.8. The molecule has 4 saturated carbocycles. The minimum Gasteiger partial charge on any atom is -0.0622 e. The molecule has 4 rings (SSSR count). The highest BCUT2D eigenvalue weighted by atomic mass is 14.7. The lowest BCUT2D eigenvalue weighted by Gasteiger charge is -2.69. The van der Waals surface area contributed by atoms with Crippen molar-refractivity contribution in [2.45, 2.75) is 139 Å². The summed E-state index contributed by atoms with van der Waals surface area (Å²) < 4.78 is 0. The summed E-state index contributed by atoms with van der Waals surface area (Å²) >= 11 is 0. The maximum atomic E-state index is 2.79. The van der Waals surface area contributed by atoms with Crippen molar-refractivity contribution < 1.29 is 0 Å². The van der Waals surface area contributed by atoms with E-state index in [0.29, 0.717) is 27.1 Å². The average Bonchev–Trinajstić information content (AvgIpc) is 2.98. The molecule has 0 aromatic rings. The molecule has 0 spiro atoms. The van der Waals surface area contributed by atoms with Gasteiger partial charge in [-0.25, -0.2) is 0 Å². The molecule has 1 unspecified atom stereocenters. The monoisotopic (exact) mass is 428 g/mol. The first-order valence-corrected chi connectivity index (χ1v) is 14.2. The van der Waals surface area contributed by atoms with Gasteiger partial charge in [-0.2, -0.15) is 0 Å². The molecule has 0 heterocycles. The molecular weight excluding hydrogens is 372 g/mol. The van der Waals surface area contributed by atoms with Crippen molar-refractivity contribution in [1.29, 1.82) is 0 Å². The summed E-state index contributed by atoms with van der Waals surface area (Å²) in [5.41, 5.74) is 2.82. The smallest absolute Gasteiger partial charge is 0.0235 e. The van der Waals surface area contributed by atoms with Crippen LogP contribution in [-0.4, -0.2) is 0 Å². The molecule has 8 atom stereocenters. The van der Waals surface area contributed by atoms with E-state index >= 15 is 0 Å². The number of fused-ring (bicyclic) bond motifs is 5. The van der Waals surface area contributed by atoms with Crippen LogP contribution in [0.25, 0.3) is 0 Å². The largest absolute Gasteiger partial charge is 0.0622 e. The third-order valence-electron chi connectivity index (χ3n) is 12.5. The second kappa shape index (κ2) is 7.77. The summed E-state index contributed by atoms with van der Waals surface area (Å²) in [7, 11) is 0. The molecule has 4 aliphatic rings. The number of hydrogen-bond acceptors (Lipinski definition) is 0. The number of rotatable bonds is 4. The zero-order valence-electron chi connectivity index (χ0n) is 22.9. The van der Waals surface area contributed by atoms with Crippen LogP contribution in [0.3, 0.4) is 0 Å². The Balaban J connectivity index is 1.53. The Morgan fingerprint density at radius 2 is 1.45 bits per heavy atom. The third-order valence-corrected chi connectivity index (χ3v) is 12.5. The Bertz CT molecular complexity index is 651. The molecule has 0 N–H and O–H groups in total. The normalized spacial score (nSPS) is 47.9. The summed E-state index contributed by atoms with van der Waals surface area (Å²) in [4.78, 5) is 0. The Morgan fingerprint density at radius 3 is 2.13 bits per heavy atom. The van der Waals surface area contributed by atoms with Gasteiger partial charge in [-0.1, -0.05) is 81.6 Å². The van der Waals surface area contributed by atoms with Crippen molar-refractivity contribution in [2.75, 3.05) is 0 Å². The molecule has 0 amide bonds. The third kappa shape index (κ3) is 3.77. The van der Waals surface area contributed by atoms with Gasteiger partial charge in [0.15, 0.2) is 0 Å². The molecule has 0 aromatic carbocycles. The summed E-state index contributed by atoms with van der Waals surface area (Å²) in [6, 6.07) is 0. The quantitative estimate of drug-likeness (QED) is 0.418. The van der Waals surface area contributed by atoms with Gasteiger partial charge in [-0.05, 0) is 114 Å².